The summed E-state index contributed by atoms with van der Waals surface area (Å²) in [7, 11) is -3.39. The second kappa shape index (κ2) is 15.9. The lowest BCUT2D eigenvalue weighted by Gasteiger charge is -2.37. The van der Waals surface area contributed by atoms with Gasteiger partial charge in [-0.1, -0.05) is 74.2 Å². The molecule has 0 aromatic heterocycles. The molecule has 1 N–H and O–H groups in total. The predicted octanol–water partition coefficient (Wildman–Crippen LogP) is 6.75. The monoisotopic (exact) mass is 514 g/mol. The van der Waals surface area contributed by atoms with Crippen LogP contribution >= 0.6 is 0 Å². The molecule has 0 aliphatic carbocycles. The molecule has 0 bridgehead atoms. The van der Waals surface area contributed by atoms with Crippen molar-refractivity contribution in [1.29, 1.82) is 0 Å². The van der Waals surface area contributed by atoms with Crippen molar-refractivity contribution in [3.05, 3.63) is 0 Å². The Morgan fingerprint density at radius 3 is 1.79 bits per heavy atom. The fraction of sp³-hybridized carbons (Fsp3) is 0.923. The van der Waals surface area contributed by atoms with Gasteiger partial charge in [-0.2, -0.15) is 0 Å². The minimum Gasteiger partial charge on any atom is -0.416 e. The average Bonchev–Trinajstić information content (AvgIpc) is 2.76. The summed E-state index contributed by atoms with van der Waals surface area (Å²) in [5, 5.41) is 10.9. The zero-order chi connectivity index (χ0) is 25.8. The maximum Gasteiger partial charge on any atom is 0.211 e. The molecule has 0 heterocycles. The molecule has 0 aromatic carbocycles. The van der Waals surface area contributed by atoms with Gasteiger partial charge in [-0.25, -0.2) is 0 Å². The third kappa shape index (κ3) is 12.0. The van der Waals surface area contributed by atoms with Gasteiger partial charge in [-0.15, -0.1) is 0 Å². The van der Waals surface area contributed by atoms with Crippen LogP contribution in [-0.2, 0) is 13.3 Å². The first-order valence-electron chi connectivity index (χ1n) is 13.1. The second-order valence-corrected chi connectivity index (χ2v) is 21.2. The van der Waals surface area contributed by atoms with Crippen LogP contribution in [0.1, 0.15) is 69.2 Å². The highest BCUT2D eigenvalue weighted by Crippen LogP contribution is 2.36. The Hall–Kier alpha value is 0.0506. The normalized spacial score (nSPS) is 17.4. The van der Waals surface area contributed by atoms with E-state index in [-0.39, 0.29) is 28.9 Å². The fourth-order valence-corrected chi connectivity index (χ4v) is 7.38. The van der Waals surface area contributed by atoms with E-state index in [4.69, 9.17) is 13.3 Å². The van der Waals surface area contributed by atoms with E-state index in [2.05, 4.69) is 87.2 Å². The van der Waals surface area contributed by atoms with E-state index in [1.54, 1.807) is 0 Å². The molecule has 7 heteroatoms. The molecule has 0 saturated carbocycles. The maximum absolute atomic E-state index is 10.7. The van der Waals surface area contributed by atoms with Crippen molar-refractivity contribution in [2.75, 3.05) is 13.2 Å². The van der Waals surface area contributed by atoms with E-state index in [0.717, 1.165) is 30.8 Å². The summed E-state index contributed by atoms with van der Waals surface area (Å²) in [6.45, 7) is 27.7. The van der Waals surface area contributed by atoms with Crippen LogP contribution in [0.4, 0.5) is 0 Å². The molecular weight excluding hydrogens is 461 g/mol. The van der Waals surface area contributed by atoms with Gasteiger partial charge in [-0.05, 0) is 49.2 Å². The molecule has 0 aliphatic heterocycles. The second-order valence-electron chi connectivity index (χ2n) is 10.9. The van der Waals surface area contributed by atoms with Crippen LogP contribution in [0.2, 0.25) is 42.3 Å². The van der Waals surface area contributed by atoms with Crippen LogP contribution in [-0.4, -0.2) is 56.9 Å². The van der Waals surface area contributed by atoms with Gasteiger partial charge < -0.3 is 18.4 Å². The van der Waals surface area contributed by atoms with Crippen molar-refractivity contribution < 1.29 is 18.4 Å². The molecule has 0 amide bonds. The van der Waals surface area contributed by atoms with Crippen LogP contribution in [0.15, 0.2) is 0 Å². The van der Waals surface area contributed by atoms with Crippen molar-refractivity contribution in [1.82, 2.24) is 0 Å². The first kappa shape index (κ1) is 33.1. The summed E-state index contributed by atoms with van der Waals surface area (Å²) in [5.41, 5.74) is 0. The third-order valence-electron chi connectivity index (χ3n) is 7.00. The highest BCUT2D eigenvalue weighted by atomic mass is 28.4. The largest absolute Gasteiger partial charge is 0.416 e. The minimum atomic E-state index is -1.83. The minimum absolute atomic E-state index is 0.0240. The van der Waals surface area contributed by atoms with E-state index >= 15 is 0 Å². The number of aliphatic hydroxyl groups is 1. The first-order valence-corrected chi connectivity index (χ1v) is 19.6. The van der Waals surface area contributed by atoms with E-state index in [9.17, 15) is 5.11 Å². The smallest absolute Gasteiger partial charge is 0.211 e. The summed E-state index contributed by atoms with van der Waals surface area (Å²) < 4.78 is 19.2. The predicted molar refractivity (Wildman–Crippen MR) is 149 cm³/mol. The van der Waals surface area contributed by atoms with Crippen molar-refractivity contribution in [2.45, 2.75) is 124 Å². The Labute approximate surface area is 211 Å². The third-order valence-corrected chi connectivity index (χ3v) is 15.8. The van der Waals surface area contributed by atoms with Gasteiger partial charge in [0.15, 0.2) is 8.32 Å². The van der Waals surface area contributed by atoms with Gasteiger partial charge in [-0.3, -0.25) is 0 Å². The van der Waals surface area contributed by atoms with E-state index in [1.807, 2.05) is 6.92 Å². The number of hydrogen-bond acceptors (Lipinski definition) is 4. The van der Waals surface area contributed by atoms with Crippen LogP contribution in [0.3, 0.4) is 0 Å². The molecule has 0 unspecified atom stereocenters. The summed E-state index contributed by atoms with van der Waals surface area (Å²) >= 11 is 0. The molecule has 33 heavy (non-hydrogen) atoms. The lowest BCUT2D eigenvalue weighted by Crippen LogP contribution is -2.42. The van der Waals surface area contributed by atoms with Crippen LogP contribution in [0.25, 0.3) is 0 Å². The molecule has 194 valence electrons. The summed E-state index contributed by atoms with van der Waals surface area (Å²) in [6, 6.07) is 4.45. The zero-order valence-corrected chi connectivity index (χ0v) is 26.8. The van der Waals surface area contributed by atoms with Crippen LogP contribution < -0.4 is 0 Å². The van der Waals surface area contributed by atoms with Crippen molar-refractivity contribution >= 4 is 26.4 Å². The Morgan fingerprint density at radius 1 is 0.818 bits per heavy atom. The van der Waals surface area contributed by atoms with Gasteiger partial charge in [0.1, 0.15) is 6.10 Å². The molecule has 0 fully saturated rings. The van der Waals surface area contributed by atoms with Crippen molar-refractivity contribution in [2.24, 2.45) is 17.8 Å². The summed E-state index contributed by atoms with van der Waals surface area (Å²) in [4.78, 5) is 0. The molecule has 0 rings (SSSR count). The number of rotatable bonds is 15. The summed E-state index contributed by atoms with van der Waals surface area (Å²) in [5.74, 6) is 6.77. The van der Waals surface area contributed by atoms with Crippen molar-refractivity contribution in [3.8, 4) is 11.8 Å². The Morgan fingerprint density at radius 2 is 1.33 bits per heavy atom. The van der Waals surface area contributed by atoms with Gasteiger partial charge >= 0.3 is 0 Å². The molecule has 5 atom stereocenters. The first-order chi connectivity index (χ1) is 15.2. The molecule has 0 saturated heterocycles. The fourth-order valence-electron chi connectivity index (χ4n) is 3.21. The molecule has 2 radical (unpaired) electrons. The quantitative estimate of drug-likeness (QED) is 0.194. The van der Waals surface area contributed by atoms with E-state index < -0.39 is 32.5 Å². The molecule has 0 aromatic rings. The summed E-state index contributed by atoms with van der Waals surface area (Å²) in [6.07, 6.45) is -0.657. The van der Waals surface area contributed by atoms with Gasteiger partial charge in [0.25, 0.3) is 0 Å². The standard InChI is InChI=1S/C26H54O4Si3/c1-13-31(14-2)28-19-23(7)25(30-32(15-3)16-4)21(5)17-18-24(27)22(6)20-29-33(11,12)26(8,9)10/h21-25,27H,13-16,19-20H2,1-12H3/t21-,22-,23-,24-,25-/m0/s1. The molecular formula is C26H54O4Si3. The molecule has 0 spiro atoms. The van der Waals surface area contributed by atoms with Gasteiger partial charge in [0.05, 0.1) is 6.10 Å². The highest BCUT2D eigenvalue weighted by molar-refractivity contribution is 6.74. The Bertz CT molecular complexity index is 574. The average molecular weight is 515 g/mol. The topological polar surface area (TPSA) is 47.9 Å². The number of aliphatic hydroxyl groups excluding tert-OH is 1. The van der Waals surface area contributed by atoms with Gasteiger partial charge in [0, 0.05) is 31.0 Å². The van der Waals surface area contributed by atoms with E-state index in [0.29, 0.717) is 6.61 Å². The Balaban J connectivity index is 5.24. The lowest BCUT2D eigenvalue weighted by atomic mass is 9.94. The van der Waals surface area contributed by atoms with Crippen LogP contribution in [0, 0.1) is 29.6 Å². The van der Waals surface area contributed by atoms with E-state index in [1.165, 1.54) is 0 Å². The highest BCUT2D eigenvalue weighted by Gasteiger charge is 2.37. The maximum atomic E-state index is 10.7. The molecule has 4 nitrogen and oxygen atoms in total. The zero-order valence-electron chi connectivity index (χ0n) is 23.8. The van der Waals surface area contributed by atoms with Gasteiger partial charge in [0.2, 0.25) is 18.1 Å². The van der Waals surface area contributed by atoms with Crippen LogP contribution in [0.5, 0.6) is 0 Å². The van der Waals surface area contributed by atoms with Crippen molar-refractivity contribution in [3.63, 3.8) is 0 Å². The Kier molecular flexibility index (Phi) is 15.9. The number of hydrogen-bond donors (Lipinski definition) is 1. The molecule has 0 aliphatic rings. The lowest BCUT2D eigenvalue weighted by molar-refractivity contribution is 0.0773. The SMILES string of the molecule is CC[Si](CC)OC[C@H](C)[C@@H](O[Si](CC)CC)[C@@H](C)C#C[C@H](O)[C@@H](C)CO[Si](C)(C)C(C)(C)C.